The zero-order chi connectivity index (χ0) is 24.6. The number of hydrogen-bond acceptors (Lipinski definition) is 6. The van der Waals surface area contributed by atoms with Crippen LogP contribution in [0, 0.1) is 0 Å². The Bertz CT molecular complexity index is 1740. The summed E-state index contributed by atoms with van der Waals surface area (Å²) in [6.07, 6.45) is 0.596. The molecule has 0 atom stereocenters. The van der Waals surface area contributed by atoms with Crippen molar-refractivity contribution in [3.63, 3.8) is 0 Å². The van der Waals surface area contributed by atoms with Crippen LogP contribution in [0.4, 0.5) is 0 Å². The molecule has 0 fully saturated rings. The maximum Gasteiger partial charge on any atom is 0.329 e. The Hall–Kier alpha value is -4.73. The summed E-state index contributed by atoms with van der Waals surface area (Å²) < 4.78 is 5.66. The molecule has 0 spiro atoms. The molecule has 0 saturated carbocycles. The van der Waals surface area contributed by atoms with Crippen molar-refractivity contribution in [2.45, 2.75) is 26.1 Å². The zero-order valence-electron chi connectivity index (χ0n) is 19.7. The number of rotatable bonds is 7. The number of para-hydroxylation sites is 4. The van der Waals surface area contributed by atoms with Crippen LogP contribution in [0.25, 0.3) is 22.1 Å². The lowest BCUT2D eigenvalue weighted by Crippen LogP contribution is -2.26. The fourth-order valence-corrected chi connectivity index (χ4v) is 4.63. The topological polar surface area (TPSA) is 109 Å². The molecule has 10 nitrogen and oxygen atoms in total. The van der Waals surface area contributed by atoms with Gasteiger partial charge in [-0.1, -0.05) is 36.4 Å². The first-order valence-corrected chi connectivity index (χ1v) is 11.7. The summed E-state index contributed by atoms with van der Waals surface area (Å²) in [5.41, 5.74) is 4.38. The molecule has 6 aromatic rings. The average molecular weight is 481 g/mol. The third-order valence-corrected chi connectivity index (χ3v) is 6.34. The molecule has 3 aromatic heterocycles. The van der Waals surface area contributed by atoms with Gasteiger partial charge in [0, 0.05) is 13.0 Å². The third kappa shape index (κ3) is 3.92. The van der Waals surface area contributed by atoms with Gasteiger partial charge in [-0.25, -0.2) is 9.78 Å². The van der Waals surface area contributed by atoms with Crippen molar-refractivity contribution in [3.05, 3.63) is 100 Å². The first-order chi connectivity index (χ1) is 17.6. The smallest absolute Gasteiger partial charge is 0.329 e. The van der Waals surface area contributed by atoms with E-state index < -0.39 is 0 Å². The molecule has 0 aliphatic carbocycles. The van der Waals surface area contributed by atoms with Crippen LogP contribution in [0.3, 0.4) is 0 Å². The van der Waals surface area contributed by atoms with Gasteiger partial charge in [-0.2, -0.15) is 4.80 Å². The van der Waals surface area contributed by atoms with E-state index in [-0.39, 0.29) is 11.4 Å². The fraction of sp³-hybridized carbons (Fsp3) is 0.192. The van der Waals surface area contributed by atoms with Gasteiger partial charge >= 0.3 is 5.69 Å². The van der Waals surface area contributed by atoms with E-state index in [1.807, 2.05) is 60.7 Å². The Morgan fingerprint density at radius 2 is 1.47 bits per heavy atom. The van der Waals surface area contributed by atoms with Gasteiger partial charge in [0.1, 0.15) is 11.6 Å². The van der Waals surface area contributed by atoms with Crippen molar-refractivity contribution >= 4 is 22.1 Å². The fourth-order valence-electron chi connectivity index (χ4n) is 4.63. The standard InChI is InChI=1S/C26H24N8O2/c1-31-29-24(28-30-31)14-15-32-21-7-3-2-6-20(21)27-25(32)17-34-23-9-5-4-8-22(23)33(26(34)36)16-18-10-12-19(35)13-11-18/h2-13,35H,14-17H2,1H3. The van der Waals surface area contributed by atoms with Crippen molar-refractivity contribution in [3.8, 4) is 5.75 Å². The van der Waals surface area contributed by atoms with E-state index >= 15 is 0 Å². The summed E-state index contributed by atoms with van der Waals surface area (Å²) >= 11 is 0. The molecule has 0 bridgehead atoms. The predicted octanol–water partition coefficient (Wildman–Crippen LogP) is 2.72. The minimum Gasteiger partial charge on any atom is -0.508 e. The lowest BCUT2D eigenvalue weighted by atomic mass is 10.2. The maximum atomic E-state index is 13.7. The van der Waals surface area contributed by atoms with E-state index in [0.29, 0.717) is 31.9 Å². The molecule has 180 valence electrons. The molecule has 3 aromatic carbocycles. The van der Waals surface area contributed by atoms with Crippen LogP contribution in [0.1, 0.15) is 17.2 Å². The van der Waals surface area contributed by atoms with E-state index in [0.717, 1.165) is 33.5 Å². The van der Waals surface area contributed by atoms with Crippen molar-refractivity contribution in [1.82, 2.24) is 38.9 Å². The maximum absolute atomic E-state index is 13.7. The Morgan fingerprint density at radius 1 is 0.806 bits per heavy atom. The van der Waals surface area contributed by atoms with Crippen LogP contribution >= 0.6 is 0 Å². The van der Waals surface area contributed by atoms with E-state index in [9.17, 15) is 9.90 Å². The molecule has 0 amide bonds. The van der Waals surface area contributed by atoms with Crippen LogP contribution in [-0.4, -0.2) is 44.0 Å². The predicted molar refractivity (Wildman–Crippen MR) is 135 cm³/mol. The molecule has 6 rings (SSSR count). The summed E-state index contributed by atoms with van der Waals surface area (Å²) in [4.78, 5) is 20.0. The number of phenolic OH excluding ortho intramolecular Hbond substituents is 1. The minimum absolute atomic E-state index is 0.113. The first kappa shape index (κ1) is 21.8. The van der Waals surface area contributed by atoms with Crippen LogP contribution in [0.5, 0.6) is 5.75 Å². The van der Waals surface area contributed by atoms with Gasteiger partial charge in [-0.05, 0) is 47.2 Å². The third-order valence-electron chi connectivity index (χ3n) is 6.34. The second kappa shape index (κ2) is 8.81. The lowest BCUT2D eigenvalue weighted by Gasteiger charge is -2.09. The molecule has 0 aliphatic heterocycles. The Labute approximate surface area is 205 Å². The number of fused-ring (bicyclic) bond motifs is 2. The molecule has 0 aliphatic rings. The van der Waals surface area contributed by atoms with Gasteiger partial charge in [0.05, 0.1) is 42.2 Å². The molecule has 0 saturated heterocycles. The second-order valence-electron chi connectivity index (χ2n) is 8.72. The Kier molecular flexibility index (Phi) is 5.33. The van der Waals surface area contributed by atoms with Crippen molar-refractivity contribution < 1.29 is 5.11 Å². The summed E-state index contributed by atoms with van der Waals surface area (Å²) in [6.45, 7) is 1.34. The number of aromatic nitrogens is 8. The number of hydrogen-bond donors (Lipinski definition) is 1. The second-order valence-corrected chi connectivity index (χ2v) is 8.72. The van der Waals surface area contributed by atoms with E-state index in [4.69, 9.17) is 4.98 Å². The van der Waals surface area contributed by atoms with Gasteiger partial charge in [0.2, 0.25) is 0 Å². The van der Waals surface area contributed by atoms with Crippen molar-refractivity contribution in [2.24, 2.45) is 7.05 Å². The number of nitrogens with zero attached hydrogens (tertiary/aromatic N) is 8. The SMILES string of the molecule is Cn1nnc(CCn2c(Cn3c(=O)n(Cc4ccc(O)cc4)c4ccccc43)nc3ccccc32)n1. The first-order valence-electron chi connectivity index (χ1n) is 11.7. The highest BCUT2D eigenvalue weighted by Gasteiger charge is 2.18. The van der Waals surface area contributed by atoms with E-state index in [1.54, 1.807) is 28.3 Å². The molecule has 1 N–H and O–H groups in total. The van der Waals surface area contributed by atoms with Gasteiger partial charge in [0.15, 0.2) is 5.82 Å². The van der Waals surface area contributed by atoms with E-state index in [1.165, 1.54) is 4.80 Å². The molecule has 0 unspecified atom stereocenters. The quantitative estimate of drug-likeness (QED) is 0.376. The summed E-state index contributed by atoms with van der Waals surface area (Å²) in [5, 5.41) is 22.0. The number of tetrazole rings is 1. The van der Waals surface area contributed by atoms with Crippen molar-refractivity contribution in [1.29, 1.82) is 0 Å². The molecular formula is C26H24N8O2. The molecular weight excluding hydrogens is 456 g/mol. The largest absolute Gasteiger partial charge is 0.508 e. The number of imidazole rings is 2. The number of aromatic hydroxyl groups is 1. The van der Waals surface area contributed by atoms with Gasteiger partial charge in [-0.15, -0.1) is 10.2 Å². The van der Waals surface area contributed by atoms with Gasteiger partial charge in [-0.3, -0.25) is 9.13 Å². The molecule has 10 heteroatoms. The summed E-state index contributed by atoms with van der Waals surface area (Å²) in [5.74, 6) is 1.64. The number of phenols is 1. The molecule has 36 heavy (non-hydrogen) atoms. The van der Waals surface area contributed by atoms with Crippen molar-refractivity contribution in [2.75, 3.05) is 0 Å². The Balaban J connectivity index is 1.41. The highest BCUT2D eigenvalue weighted by molar-refractivity contribution is 5.77. The highest BCUT2D eigenvalue weighted by atomic mass is 16.3. The number of aryl methyl sites for hydroxylation is 3. The Morgan fingerprint density at radius 3 is 2.17 bits per heavy atom. The summed E-state index contributed by atoms with van der Waals surface area (Å²) in [6, 6.07) is 22.7. The van der Waals surface area contributed by atoms with Crippen LogP contribution < -0.4 is 5.69 Å². The number of benzene rings is 3. The monoisotopic (exact) mass is 480 g/mol. The molecule has 3 heterocycles. The normalized spacial score (nSPS) is 11.6. The van der Waals surface area contributed by atoms with Crippen LogP contribution in [0.15, 0.2) is 77.6 Å². The minimum atomic E-state index is -0.113. The lowest BCUT2D eigenvalue weighted by molar-refractivity contribution is 0.475. The van der Waals surface area contributed by atoms with Crippen LogP contribution in [0.2, 0.25) is 0 Å². The molecule has 0 radical (unpaired) electrons. The van der Waals surface area contributed by atoms with E-state index in [2.05, 4.69) is 20.0 Å². The zero-order valence-corrected chi connectivity index (χ0v) is 19.7. The average Bonchev–Trinajstić information content (AvgIpc) is 3.54. The summed E-state index contributed by atoms with van der Waals surface area (Å²) in [7, 11) is 1.74. The van der Waals surface area contributed by atoms with Crippen LogP contribution in [-0.2, 0) is 33.1 Å². The van der Waals surface area contributed by atoms with Gasteiger partial charge in [0.25, 0.3) is 0 Å². The van der Waals surface area contributed by atoms with Gasteiger partial charge < -0.3 is 9.67 Å². The highest BCUT2D eigenvalue weighted by Crippen LogP contribution is 2.20.